The lowest BCUT2D eigenvalue weighted by molar-refractivity contribution is -0.870. The summed E-state index contributed by atoms with van der Waals surface area (Å²) in [5.74, 6) is -0.852. The molecule has 0 rings (SSSR count). The van der Waals surface area contributed by atoms with Gasteiger partial charge in [0.05, 0.1) is 27.7 Å². The largest absolute Gasteiger partial charge is 0.756 e. The molecule has 0 saturated carbocycles. The van der Waals surface area contributed by atoms with Crippen molar-refractivity contribution in [2.24, 2.45) is 0 Å². The van der Waals surface area contributed by atoms with E-state index in [2.05, 4.69) is 62.5 Å². The predicted molar refractivity (Wildman–Crippen MR) is 250 cm³/mol. The van der Waals surface area contributed by atoms with Crippen LogP contribution in [0.1, 0.15) is 206 Å². The SMILES string of the molecule is CCCCCC/C=C\CCCCCCCC(=O)OCC(COP(=O)([O-])OCC[N+](C)(C)C)OC(=O)CCCCCCCCCC/C=C\C/C=C\C/C=C\CCCCCCC. The van der Waals surface area contributed by atoms with Crippen LogP contribution in [0.15, 0.2) is 48.6 Å². The van der Waals surface area contributed by atoms with Crippen LogP contribution in [-0.2, 0) is 32.7 Å². The fraction of sp³-hybridized carbons (Fsp3) is 0.800. The summed E-state index contributed by atoms with van der Waals surface area (Å²) >= 11 is 0. The van der Waals surface area contributed by atoms with Gasteiger partial charge in [-0.15, -0.1) is 0 Å². The standard InChI is InChI=1S/C50H92NO8P/c1-6-8-10-12-14-16-18-20-21-22-23-24-25-26-27-28-29-31-33-35-37-39-41-43-50(53)59-48(47-58-60(54,55)57-45-44-51(3,4)5)46-56-49(52)42-40-38-36-34-32-30-19-17-15-13-11-9-7-2/h17-20,22-23,25-26,48H,6-16,21,24,27-47H2,1-5H3/b19-17-,20-18-,23-22-,26-25-. The Balaban J connectivity index is 4.28. The number of hydrogen-bond donors (Lipinski definition) is 0. The van der Waals surface area contributed by atoms with Crippen molar-refractivity contribution >= 4 is 19.8 Å². The van der Waals surface area contributed by atoms with Gasteiger partial charge in [0.1, 0.15) is 19.8 Å². The van der Waals surface area contributed by atoms with Crippen LogP contribution >= 0.6 is 7.82 Å². The summed E-state index contributed by atoms with van der Waals surface area (Å²) in [7, 11) is 1.15. The highest BCUT2D eigenvalue weighted by atomic mass is 31.2. The molecule has 0 aliphatic carbocycles. The van der Waals surface area contributed by atoms with Gasteiger partial charge in [-0.05, 0) is 77.0 Å². The second kappa shape index (κ2) is 42.3. The normalized spacial score (nSPS) is 13.9. The quantitative estimate of drug-likeness (QED) is 0.0196. The molecule has 0 bridgehead atoms. The number of unbranched alkanes of at least 4 members (excludes halogenated alkanes) is 22. The first kappa shape index (κ1) is 58.0. The van der Waals surface area contributed by atoms with Gasteiger partial charge in [-0.25, -0.2) is 0 Å². The fourth-order valence-corrected chi connectivity index (χ4v) is 7.21. The minimum atomic E-state index is -4.63. The number of phosphoric acid groups is 1. The van der Waals surface area contributed by atoms with Crippen LogP contribution in [0, 0.1) is 0 Å². The van der Waals surface area contributed by atoms with Crippen molar-refractivity contribution < 1.29 is 42.1 Å². The Morgan fingerprint density at radius 1 is 0.517 bits per heavy atom. The zero-order valence-electron chi connectivity index (χ0n) is 39.4. The molecular weight excluding hydrogens is 774 g/mol. The molecule has 0 aliphatic heterocycles. The maximum atomic E-state index is 12.7. The van der Waals surface area contributed by atoms with Gasteiger partial charge >= 0.3 is 11.9 Å². The smallest absolute Gasteiger partial charge is 0.306 e. The predicted octanol–water partition coefficient (Wildman–Crippen LogP) is 13.6. The molecule has 9 nitrogen and oxygen atoms in total. The average Bonchev–Trinajstić information content (AvgIpc) is 3.20. The van der Waals surface area contributed by atoms with E-state index in [1.165, 1.54) is 96.3 Å². The van der Waals surface area contributed by atoms with Gasteiger partial charge in [-0.3, -0.25) is 14.2 Å². The van der Waals surface area contributed by atoms with E-state index in [9.17, 15) is 19.0 Å². The lowest BCUT2D eigenvalue weighted by Gasteiger charge is -2.28. The highest BCUT2D eigenvalue weighted by molar-refractivity contribution is 7.45. The summed E-state index contributed by atoms with van der Waals surface area (Å²) < 4.78 is 34.0. The molecule has 2 unspecified atom stereocenters. The molecule has 0 aromatic heterocycles. The van der Waals surface area contributed by atoms with Crippen molar-refractivity contribution in [2.45, 2.75) is 213 Å². The molecule has 0 aliphatic rings. The van der Waals surface area contributed by atoms with Crippen LogP contribution in [0.25, 0.3) is 0 Å². The average molecular weight is 866 g/mol. The molecule has 0 spiro atoms. The molecule has 350 valence electrons. The molecule has 0 N–H and O–H groups in total. The van der Waals surface area contributed by atoms with Crippen LogP contribution in [0.5, 0.6) is 0 Å². The van der Waals surface area contributed by atoms with E-state index in [4.69, 9.17) is 18.5 Å². The fourth-order valence-electron chi connectivity index (χ4n) is 6.48. The number of rotatable bonds is 44. The van der Waals surface area contributed by atoms with E-state index in [1.54, 1.807) is 0 Å². The summed E-state index contributed by atoms with van der Waals surface area (Å²) in [6.45, 7) is 4.19. The summed E-state index contributed by atoms with van der Waals surface area (Å²) in [6.07, 6.45) is 49.9. The second-order valence-corrected chi connectivity index (χ2v) is 18.9. The van der Waals surface area contributed by atoms with Crippen LogP contribution in [0.2, 0.25) is 0 Å². The van der Waals surface area contributed by atoms with Gasteiger partial charge in [-0.2, -0.15) is 0 Å². The maximum absolute atomic E-state index is 12.7. The molecule has 0 fully saturated rings. The first-order valence-corrected chi connectivity index (χ1v) is 25.8. The van der Waals surface area contributed by atoms with Crippen LogP contribution in [0.3, 0.4) is 0 Å². The Hall–Kier alpha value is -2.03. The zero-order valence-corrected chi connectivity index (χ0v) is 40.3. The van der Waals surface area contributed by atoms with E-state index < -0.39 is 32.5 Å². The topological polar surface area (TPSA) is 111 Å². The van der Waals surface area contributed by atoms with Crippen LogP contribution in [-0.4, -0.2) is 70.0 Å². The Morgan fingerprint density at radius 2 is 0.900 bits per heavy atom. The third-order valence-corrected chi connectivity index (χ3v) is 11.3. The van der Waals surface area contributed by atoms with E-state index in [1.807, 2.05) is 21.1 Å². The number of nitrogens with zero attached hydrogens (tertiary/aromatic N) is 1. The monoisotopic (exact) mass is 866 g/mol. The van der Waals surface area contributed by atoms with E-state index in [0.717, 1.165) is 77.0 Å². The van der Waals surface area contributed by atoms with Crippen molar-refractivity contribution in [2.75, 3.05) is 47.5 Å². The molecule has 2 atom stereocenters. The number of esters is 2. The Morgan fingerprint density at radius 3 is 1.37 bits per heavy atom. The zero-order chi connectivity index (χ0) is 44.3. The Labute approximate surface area is 369 Å². The molecule has 10 heteroatoms. The lowest BCUT2D eigenvalue weighted by Crippen LogP contribution is -2.37. The molecule has 0 aromatic rings. The summed E-state index contributed by atoms with van der Waals surface area (Å²) in [4.78, 5) is 37.6. The number of likely N-dealkylation sites (N-methyl/N-ethyl adjacent to an activating group) is 1. The van der Waals surface area contributed by atoms with Crippen LogP contribution < -0.4 is 4.89 Å². The second-order valence-electron chi connectivity index (χ2n) is 17.5. The number of allylic oxidation sites excluding steroid dienone is 8. The molecule has 0 aromatic carbocycles. The van der Waals surface area contributed by atoms with Crippen molar-refractivity contribution in [3.05, 3.63) is 48.6 Å². The first-order valence-electron chi connectivity index (χ1n) is 24.3. The molecule has 60 heavy (non-hydrogen) atoms. The summed E-state index contributed by atoms with van der Waals surface area (Å²) in [6, 6.07) is 0. The number of phosphoric ester groups is 1. The van der Waals surface area contributed by atoms with E-state index in [0.29, 0.717) is 17.4 Å². The number of ether oxygens (including phenoxy) is 2. The highest BCUT2D eigenvalue weighted by Crippen LogP contribution is 2.38. The van der Waals surface area contributed by atoms with Crippen molar-refractivity contribution in [3.63, 3.8) is 0 Å². The molecule has 0 heterocycles. The van der Waals surface area contributed by atoms with Crippen molar-refractivity contribution in [1.82, 2.24) is 0 Å². The van der Waals surface area contributed by atoms with Crippen molar-refractivity contribution in [3.8, 4) is 0 Å². The Bertz CT molecular complexity index is 1160. The summed E-state index contributed by atoms with van der Waals surface area (Å²) in [5, 5.41) is 0. The van der Waals surface area contributed by atoms with Gasteiger partial charge in [0.15, 0.2) is 6.10 Å². The molecule has 0 amide bonds. The van der Waals surface area contributed by atoms with E-state index in [-0.39, 0.29) is 26.1 Å². The molecule has 0 radical (unpaired) electrons. The number of carbonyl (C=O) groups excluding carboxylic acids is 2. The lowest BCUT2D eigenvalue weighted by atomic mass is 10.1. The van der Waals surface area contributed by atoms with Gasteiger partial charge in [0, 0.05) is 12.8 Å². The third kappa shape index (κ3) is 45.5. The maximum Gasteiger partial charge on any atom is 0.306 e. The molecule has 0 saturated heterocycles. The van der Waals surface area contributed by atoms with E-state index >= 15 is 0 Å². The summed E-state index contributed by atoms with van der Waals surface area (Å²) in [5.41, 5.74) is 0. The van der Waals surface area contributed by atoms with Gasteiger partial charge < -0.3 is 27.9 Å². The minimum Gasteiger partial charge on any atom is -0.756 e. The highest BCUT2D eigenvalue weighted by Gasteiger charge is 2.21. The van der Waals surface area contributed by atoms with Crippen LogP contribution in [0.4, 0.5) is 0 Å². The first-order chi connectivity index (χ1) is 29.0. The van der Waals surface area contributed by atoms with Gasteiger partial charge in [-0.1, -0.05) is 165 Å². The number of quaternary nitrogens is 1. The number of carbonyl (C=O) groups is 2. The van der Waals surface area contributed by atoms with Gasteiger partial charge in [0.25, 0.3) is 7.82 Å². The minimum absolute atomic E-state index is 0.0348. The van der Waals surface area contributed by atoms with Crippen molar-refractivity contribution in [1.29, 1.82) is 0 Å². The van der Waals surface area contributed by atoms with Gasteiger partial charge in [0.2, 0.25) is 0 Å². The number of hydrogen-bond acceptors (Lipinski definition) is 8. The third-order valence-electron chi connectivity index (χ3n) is 10.3. The molecular formula is C50H92NO8P. The Kier molecular flexibility index (Phi) is 40.8.